The van der Waals surface area contributed by atoms with Crippen LogP contribution in [0.4, 0.5) is 5.95 Å². The van der Waals surface area contributed by atoms with Crippen LogP contribution in [0.2, 0.25) is 5.02 Å². The maximum absolute atomic E-state index is 13.7. The van der Waals surface area contributed by atoms with Gasteiger partial charge in [0.1, 0.15) is 11.8 Å². The highest BCUT2D eigenvalue weighted by atomic mass is 35.5. The summed E-state index contributed by atoms with van der Waals surface area (Å²) >= 11 is 6.56. The molecule has 0 saturated carbocycles. The Kier molecular flexibility index (Phi) is 13.4. The molecule has 4 aliphatic rings. The quantitative estimate of drug-likeness (QED) is 0.0879. The Morgan fingerprint density at radius 1 is 0.887 bits per heavy atom. The first-order valence-electron chi connectivity index (χ1n) is 21.8. The van der Waals surface area contributed by atoms with Crippen LogP contribution in [0, 0.1) is 5.92 Å². The molecule has 0 bridgehead atoms. The fourth-order valence-electron chi connectivity index (χ4n) is 9.05. The summed E-state index contributed by atoms with van der Waals surface area (Å²) in [5, 5.41) is 10.0. The number of H-pyrrole nitrogens is 1. The van der Waals surface area contributed by atoms with Crippen LogP contribution in [0.3, 0.4) is 0 Å². The van der Waals surface area contributed by atoms with Crippen LogP contribution in [-0.4, -0.2) is 123 Å². The number of nitrogens with one attached hydrogen (secondary N) is 4. The summed E-state index contributed by atoms with van der Waals surface area (Å²) in [6.45, 7) is 4.41. The zero-order chi connectivity index (χ0) is 43.2. The van der Waals surface area contributed by atoms with Crippen LogP contribution >= 0.6 is 11.6 Å². The molecule has 2 aromatic carbocycles. The van der Waals surface area contributed by atoms with Crippen LogP contribution < -0.4 is 20.7 Å². The summed E-state index contributed by atoms with van der Waals surface area (Å²) in [6, 6.07) is 11.6. The number of carbonyl (C=O) groups excluding carboxylic acids is 6. The van der Waals surface area contributed by atoms with Crippen LogP contribution in [0.5, 0.6) is 5.75 Å². The number of carbonyl (C=O) groups is 6. The number of likely N-dealkylation sites (tertiary alicyclic amines) is 2. The fraction of sp³-hybridized carbons (Fsp3) is 0.467. The van der Waals surface area contributed by atoms with Gasteiger partial charge in [0.05, 0.1) is 28.0 Å². The van der Waals surface area contributed by atoms with Crippen molar-refractivity contribution >= 4 is 63.9 Å². The summed E-state index contributed by atoms with van der Waals surface area (Å²) in [6.07, 6.45) is 12.2. The molecule has 326 valence electrons. The first kappa shape index (κ1) is 42.8. The molecule has 1 unspecified atom stereocenters. The topological polar surface area (TPSA) is 199 Å². The molecule has 0 aliphatic carbocycles. The summed E-state index contributed by atoms with van der Waals surface area (Å²) in [5.41, 5.74) is 2.71. The number of anilines is 1. The molecule has 0 spiro atoms. The zero-order valence-corrected chi connectivity index (χ0v) is 35.4. The maximum Gasteiger partial charge on any atom is 0.266 e. The van der Waals surface area contributed by atoms with Crippen molar-refractivity contribution in [2.75, 3.05) is 51.2 Å². The van der Waals surface area contributed by atoms with Crippen molar-refractivity contribution in [3.8, 4) is 17.0 Å². The van der Waals surface area contributed by atoms with Crippen molar-refractivity contribution in [3.63, 3.8) is 0 Å². The second-order valence-electron chi connectivity index (χ2n) is 16.6. The molecule has 17 heteroatoms. The van der Waals surface area contributed by atoms with Crippen LogP contribution in [0.25, 0.3) is 22.2 Å². The lowest BCUT2D eigenvalue weighted by atomic mass is 9.93. The van der Waals surface area contributed by atoms with E-state index < -0.39 is 29.7 Å². The summed E-state index contributed by atoms with van der Waals surface area (Å²) in [4.78, 5) is 94.4. The first-order chi connectivity index (χ1) is 30.1. The van der Waals surface area contributed by atoms with Crippen molar-refractivity contribution in [3.05, 3.63) is 71.0 Å². The number of nitrogens with zero attached hydrogens (tertiary/aromatic N) is 5. The van der Waals surface area contributed by atoms with Gasteiger partial charge in [-0.05, 0) is 82.8 Å². The van der Waals surface area contributed by atoms with Crippen molar-refractivity contribution < 1.29 is 33.5 Å². The molecular weight excluding hydrogens is 814 g/mol. The number of fused-ring (bicyclic) bond motifs is 2. The van der Waals surface area contributed by atoms with Gasteiger partial charge in [0.15, 0.2) is 6.61 Å². The molecule has 62 heavy (non-hydrogen) atoms. The SMILES string of the molecule is O=C(COc1cccc2c1C(=O)N(C1CCC(=O)NC1=O)C2=O)NCCCCCCCN1CCC(C(=O)N2CCC[C@@H](Nc3ncc(Cl)c(-c4c[nH]c5ccccc45)n3)C2)CC1. The number of aromatic nitrogens is 3. The molecular formula is C45H52ClN9O7. The monoisotopic (exact) mass is 865 g/mol. The highest BCUT2D eigenvalue weighted by Crippen LogP contribution is 2.35. The lowest BCUT2D eigenvalue weighted by molar-refractivity contribution is -0.138. The van der Waals surface area contributed by atoms with E-state index in [4.69, 9.17) is 21.3 Å². The van der Waals surface area contributed by atoms with E-state index in [-0.39, 0.29) is 60.1 Å². The number of unbranched alkanes of at least 4 members (excludes halogenated alkanes) is 4. The highest BCUT2D eigenvalue weighted by molar-refractivity contribution is 6.33. The minimum atomic E-state index is -1.08. The van der Waals surface area contributed by atoms with E-state index in [1.165, 1.54) is 12.1 Å². The van der Waals surface area contributed by atoms with Gasteiger partial charge >= 0.3 is 0 Å². The van der Waals surface area contributed by atoms with Crippen molar-refractivity contribution in [1.82, 2.24) is 40.3 Å². The van der Waals surface area contributed by atoms with Crippen molar-refractivity contribution in [2.24, 2.45) is 5.92 Å². The van der Waals surface area contributed by atoms with E-state index in [2.05, 4.69) is 30.8 Å². The Hall–Kier alpha value is -5.87. The summed E-state index contributed by atoms with van der Waals surface area (Å²) in [7, 11) is 0. The second kappa shape index (κ2) is 19.5. The third-order valence-corrected chi connectivity index (χ3v) is 12.6. The third-order valence-electron chi connectivity index (χ3n) is 12.4. The van der Waals surface area contributed by atoms with Gasteiger partial charge in [0.25, 0.3) is 17.7 Å². The van der Waals surface area contributed by atoms with Gasteiger partial charge in [-0.2, -0.15) is 0 Å². The van der Waals surface area contributed by atoms with Crippen molar-refractivity contribution in [1.29, 1.82) is 0 Å². The number of amides is 6. The largest absolute Gasteiger partial charge is 0.483 e. The number of piperidine rings is 3. The molecule has 0 radical (unpaired) electrons. The predicted molar refractivity (Wildman–Crippen MR) is 231 cm³/mol. The minimum absolute atomic E-state index is 0.0105. The summed E-state index contributed by atoms with van der Waals surface area (Å²) < 4.78 is 5.67. The molecule has 2 atom stereocenters. The Morgan fingerprint density at radius 3 is 2.53 bits per heavy atom. The standard InChI is InChI=1S/C45H52ClN9O7/c46-33-25-49-45(52-40(33)32-24-48-34-13-5-4-11-30(32)34)50-29-10-9-21-54(26-29)42(59)28-17-22-53(23-18-28)20-7-3-1-2-6-19-47-38(57)27-62-36-14-8-12-31-39(36)44(61)55(43(31)60)35-15-16-37(56)51-41(35)58/h4-5,8,11-14,24-25,28-29,35,48H,1-3,6-7,9-10,15-23,26-27H2,(H,47,57)(H,49,50,52)(H,51,56,58)/t29-,35?/m1/s1. The van der Waals surface area contributed by atoms with Gasteiger partial charge in [-0.25, -0.2) is 9.97 Å². The molecule has 4 aliphatic heterocycles. The van der Waals surface area contributed by atoms with Gasteiger partial charge in [-0.3, -0.25) is 39.0 Å². The van der Waals surface area contributed by atoms with E-state index in [1.807, 2.05) is 35.4 Å². The maximum atomic E-state index is 13.7. The fourth-order valence-corrected chi connectivity index (χ4v) is 9.24. The van der Waals surface area contributed by atoms with Crippen LogP contribution in [0.1, 0.15) is 91.3 Å². The molecule has 8 rings (SSSR count). The van der Waals surface area contributed by atoms with Gasteiger partial charge in [-0.1, -0.05) is 55.1 Å². The Labute approximate surface area is 364 Å². The minimum Gasteiger partial charge on any atom is -0.483 e. The zero-order valence-electron chi connectivity index (χ0n) is 34.6. The molecule has 4 N–H and O–H groups in total. The summed E-state index contributed by atoms with van der Waals surface area (Å²) in [5.74, 6) is -1.91. The Morgan fingerprint density at radius 2 is 1.69 bits per heavy atom. The Bertz CT molecular complexity index is 2340. The predicted octanol–water partition coefficient (Wildman–Crippen LogP) is 4.94. The lowest BCUT2D eigenvalue weighted by Gasteiger charge is -2.38. The van der Waals surface area contributed by atoms with Crippen LogP contribution in [-0.2, 0) is 19.2 Å². The molecule has 3 fully saturated rings. The number of hydrogen-bond donors (Lipinski definition) is 4. The molecule has 16 nitrogen and oxygen atoms in total. The van der Waals surface area contributed by atoms with E-state index in [1.54, 1.807) is 12.3 Å². The van der Waals surface area contributed by atoms with Gasteiger partial charge < -0.3 is 30.2 Å². The number of para-hydroxylation sites is 1. The van der Waals surface area contributed by atoms with Gasteiger partial charge in [0, 0.05) is 60.7 Å². The number of ether oxygens (including phenoxy) is 1. The first-order valence-corrected chi connectivity index (χ1v) is 22.1. The average Bonchev–Trinajstić information content (AvgIpc) is 3.82. The normalized spacial score (nSPS) is 19.8. The Balaban J connectivity index is 0.689. The number of hydrogen-bond acceptors (Lipinski definition) is 11. The number of benzene rings is 2. The van der Waals surface area contributed by atoms with E-state index in [0.717, 1.165) is 105 Å². The van der Waals surface area contributed by atoms with Crippen LogP contribution in [0.15, 0.2) is 54.9 Å². The van der Waals surface area contributed by atoms with Crippen molar-refractivity contribution in [2.45, 2.75) is 82.7 Å². The van der Waals surface area contributed by atoms with E-state index >= 15 is 0 Å². The number of rotatable bonds is 16. The molecule has 3 saturated heterocycles. The van der Waals surface area contributed by atoms with E-state index in [9.17, 15) is 28.8 Å². The number of halogens is 1. The third kappa shape index (κ3) is 9.60. The lowest BCUT2D eigenvalue weighted by Crippen LogP contribution is -2.54. The molecule has 4 aromatic rings. The van der Waals surface area contributed by atoms with Gasteiger partial charge in [-0.15, -0.1) is 0 Å². The van der Waals surface area contributed by atoms with E-state index in [0.29, 0.717) is 29.8 Å². The molecule has 2 aromatic heterocycles. The highest BCUT2D eigenvalue weighted by Gasteiger charge is 2.46. The molecule has 6 amide bonds. The smallest absolute Gasteiger partial charge is 0.266 e. The molecule has 6 heterocycles. The second-order valence-corrected chi connectivity index (χ2v) is 17.0. The van der Waals surface area contributed by atoms with Gasteiger partial charge in [0.2, 0.25) is 23.7 Å². The average molecular weight is 866 g/mol. The number of imide groups is 2. The number of aromatic amines is 1.